The molecule has 2 N–H and O–H groups in total. The minimum absolute atomic E-state index is 0.0295. The van der Waals surface area contributed by atoms with Crippen LogP contribution in [0.1, 0.15) is 20.8 Å². The van der Waals surface area contributed by atoms with Gasteiger partial charge in [-0.15, -0.1) is 0 Å². The van der Waals surface area contributed by atoms with Crippen LogP contribution in [0.5, 0.6) is 11.5 Å². The molecule has 2 amide bonds. The number of hydrogen-bond acceptors (Lipinski definition) is 4. The zero-order valence-corrected chi connectivity index (χ0v) is 13.0. The van der Waals surface area contributed by atoms with Crippen LogP contribution in [0.4, 0.5) is 5.69 Å². The molecule has 0 aromatic heterocycles. The largest absolute Gasteiger partial charge is 0.497 e. The molecule has 0 aliphatic rings. The van der Waals surface area contributed by atoms with Crippen molar-refractivity contribution in [3.63, 3.8) is 0 Å². The topological polar surface area (TPSA) is 76.7 Å². The summed E-state index contributed by atoms with van der Waals surface area (Å²) in [6, 6.07) is 4.49. The summed E-state index contributed by atoms with van der Waals surface area (Å²) in [5, 5.41) is 5.41. The molecule has 0 unspecified atom stereocenters. The van der Waals surface area contributed by atoms with Crippen LogP contribution in [0.25, 0.3) is 0 Å². The fourth-order valence-electron chi connectivity index (χ4n) is 1.87. The third kappa shape index (κ3) is 4.66. The average molecular weight is 294 g/mol. The number of carbonyl (C=O) groups excluding carboxylic acids is 2. The Morgan fingerprint density at radius 1 is 1.14 bits per heavy atom. The molecule has 1 aromatic rings. The lowest BCUT2D eigenvalue weighted by Gasteiger charge is -2.21. The van der Waals surface area contributed by atoms with Crippen molar-refractivity contribution in [3.8, 4) is 11.5 Å². The van der Waals surface area contributed by atoms with Gasteiger partial charge in [0, 0.05) is 13.0 Å². The second-order valence-electron chi connectivity index (χ2n) is 4.98. The molecule has 1 aromatic carbocycles. The van der Waals surface area contributed by atoms with Gasteiger partial charge >= 0.3 is 0 Å². The molecular formula is C15H22N2O4. The third-order valence-corrected chi connectivity index (χ3v) is 2.97. The molecule has 1 atom stereocenters. The number of rotatable bonds is 6. The first-order valence-corrected chi connectivity index (χ1v) is 6.69. The van der Waals surface area contributed by atoms with E-state index in [0.717, 1.165) is 0 Å². The summed E-state index contributed by atoms with van der Waals surface area (Å²) in [6.07, 6.45) is 0. The molecule has 6 nitrogen and oxygen atoms in total. The first-order valence-electron chi connectivity index (χ1n) is 6.69. The van der Waals surface area contributed by atoms with Gasteiger partial charge in [0.25, 0.3) is 0 Å². The van der Waals surface area contributed by atoms with E-state index in [1.54, 1.807) is 25.3 Å². The lowest BCUT2D eigenvalue weighted by Crippen LogP contribution is -2.46. The summed E-state index contributed by atoms with van der Waals surface area (Å²) < 4.78 is 10.3. The Balaban J connectivity index is 2.92. The Kier molecular flexibility index (Phi) is 6.02. The van der Waals surface area contributed by atoms with E-state index in [1.807, 2.05) is 13.8 Å². The van der Waals surface area contributed by atoms with Crippen molar-refractivity contribution >= 4 is 17.5 Å². The maximum Gasteiger partial charge on any atom is 0.247 e. The van der Waals surface area contributed by atoms with Crippen molar-refractivity contribution in [1.82, 2.24) is 5.32 Å². The Bertz CT molecular complexity index is 514. The number of amides is 2. The molecule has 6 heteroatoms. The van der Waals surface area contributed by atoms with Gasteiger partial charge in [-0.05, 0) is 18.1 Å². The maximum absolute atomic E-state index is 12.3. The molecule has 0 heterocycles. The number of anilines is 1. The van der Waals surface area contributed by atoms with Gasteiger partial charge in [0.05, 0.1) is 19.9 Å². The summed E-state index contributed by atoms with van der Waals surface area (Å²) in [4.78, 5) is 23.5. The Morgan fingerprint density at radius 2 is 1.81 bits per heavy atom. The number of hydrogen-bond donors (Lipinski definition) is 2. The summed E-state index contributed by atoms with van der Waals surface area (Å²) in [7, 11) is 3.07. The molecule has 0 fully saturated rings. The second kappa shape index (κ2) is 7.52. The first-order chi connectivity index (χ1) is 9.88. The lowest BCUT2D eigenvalue weighted by atomic mass is 10.0. The molecule has 116 valence electrons. The number of benzene rings is 1. The predicted octanol–water partition coefficient (Wildman–Crippen LogP) is 1.80. The predicted molar refractivity (Wildman–Crippen MR) is 80.6 cm³/mol. The number of nitrogens with one attached hydrogen (secondary N) is 2. The molecule has 0 bridgehead atoms. The van der Waals surface area contributed by atoms with E-state index in [0.29, 0.717) is 17.2 Å². The highest BCUT2D eigenvalue weighted by Gasteiger charge is 2.23. The van der Waals surface area contributed by atoms with Gasteiger partial charge in [-0.25, -0.2) is 0 Å². The average Bonchev–Trinajstić information content (AvgIpc) is 2.44. The van der Waals surface area contributed by atoms with E-state index in [-0.39, 0.29) is 17.7 Å². The normalized spacial score (nSPS) is 11.7. The third-order valence-electron chi connectivity index (χ3n) is 2.97. The van der Waals surface area contributed by atoms with E-state index in [1.165, 1.54) is 14.0 Å². The molecule has 21 heavy (non-hydrogen) atoms. The van der Waals surface area contributed by atoms with Gasteiger partial charge in [-0.2, -0.15) is 0 Å². The van der Waals surface area contributed by atoms with Crippen molar-refractivity contribution in [2.45, 2.75) is 26.8 Å². The van der Waals surface area contributed by atoms with Crippen LogP contribution in [0.3, 0.4) is 0 Å². The lowest BCUT2D eigenvalue weighted by molar-refractivity contribution is -0.126. The van der Waals surface area contributed by atoms with Crippen LogP contribution in [0.15, 0.2) is 18.2 Å². The highest BCUT2D eigenvalue weighted by molar-refractivity contribution is 5.98. The van der Waals surface area contributed by atoms with E-state index < -0.39 is 6.04 Å². The zero-order valence-electron chi connectivity index (χ0n) is 13.0. The molecule has 0 aliphatic carbocycles. The summed E-state index contributed by atoms with van der Waals surface area (Å²) in [6.45, 7) is 5.12. The van der Waals surface area contributed by atoms with Crippen LogP contribution in [-0.2, 0) is 9.59 Å². The second-order valence-corrected chi connectivity index (χ2v) is 4.98. The van der Waals surface area contributed by atoms with Crippen LogP contribution < -0.4 is 20.1 Å². The van der Waals surface area contributed by atoms with Crippen molar-refractivity contribution < 1.29 is 19.1 Å². The van der Waals surface area contributed by atoms with Crippen LogP contribution >= 0.6 is 0 Å². The van der Waals surface area contributed by atoms with Gasteiger partial charge in [-0.1, -0.05) is 13.8 Å². The Morgan fingerprint density at radius 3 is 2.29 bits per heavy atom. The molecule has 1 rings (SSSR count). The highest BCUT2D eigenvalue weighted by Crippen LogP contribution is 2.29. The molecule has 0 saturated carbocycles. The Hall–Kier alpha value is -2.24. The highest BCUT2D eigenvalue weighted by atomic mass is 16.5. The van der Waals surface area contributed by atoms with E-state index in [9.17, 15) is 9.59 Å². The van der Waals surface area contributed by atoms with Gasteiger partial charge in [-0.3, -0.25) is 9.59 Å². The molecular weight excluding hydrogens is 272 g/mol. The molecule has 0 spiro atoms. The number of ether oxygens (including phenoxy) is 2. The number of methoxy groups -OCH3 is 2. The van der Waals surface area contributed by atoms with E-state index in [4.69, 9.17) is 9.47 Å². The molecule has 0 saturated heterocycles. The minimum Gasteiger partial charge on any atom is -0.497 e. The smallest absolute Gasteiger partial charge is 0.247 e. The van der Waals surface area contributed by atoms with Crippen molar-refractivity contribution in [1.29, 1.82) is 0 Å². The maximum atomic E-state index is 12.3. The van der Waals surface area contributed by atoms with Crippen molar-refractivity contribution in [3.05, 3.63) is 18.2 Å². The quantitative estimate of drug-likeness (QED) is 0.839. The standard InChI is InChI=1S/C15H22N2O4/c1-9(2)14(16-10(3)18)15(19)17-12-7-6-11(20-4)8-13(12)21-5/h6-9,14H,1-5H3,(H,16,18)(H,17,19)/t14-/m0/s1. The molecule has 0 radical (unpaired) electrons. The fraction of sp³-hybridized carbons (Fsp3) is 0.467. The van der Waals surface area contributed by atoms with E-state index in [2.05, 4.69) is 10.6 Å². The Labute approximate surface area is 124 Å². The molecule has 0 aliphatic heterocycles. The van der Waals surface area contributed by atoms with Crippen molar-refractivity contribution in [2.75, 3.05) is 19.5 Å². The van der Waals surface area contributed by atoms with E-state index >= 15 is 0 Å². The monoisotopic (exact) mass is 294 g/mol. The minimum atomic E-state index is -0.602. The number of carbonyl (C=O) groups is 2. The zero-order chi connectivity index (χ0) is 16.0. The summed E-state index contributed by atoms with van der Waals surface area (Å²) in [5.74, 6) is 0.563. The van der Waals surface area contributed by atoms with Crippen molar-refractivity contribution in [2.24, 2.45) is 5.92 Å². The van der Waals surface area contributed by atoms with Crippen LogP contribution in [0, 0.1) is 5.92 Å². The van der Waals surface area contributed by atoms with Crippen LogP contribution in [-0.4, -0.2) is 32.1 Å². The van der Waals surface area contributed by atoms with Gasteiger partial charge < -0.3 is 20.1 Å². The first kappa shape index (κ1) is 16.8. The van der Waals surface area contributed by atoms with Gasteiger partial charge in [0.1, 0.15) is 17.5 Å². The van der Waals surface area contributed by atoms with Gasteiger partial charge in [0.2, 0.25) is 11.8 Å². The SMILES string of the molecule is COc1ccc(NC(=O)[C@@H](NC(C)=O)C(C)C)c(OC)c1. The summed E-state index contributed by atoms with van der Waals surface area (Å²) >= 11 is 0. The van der Waals surface area contributed by atoms with Crippen LogP contribution in [0.2, 0.25) is 0 Å². The van der Waals surface area contributed by atoms with Gasteiger partial charge in [0.15, 0.2) is 0 Å². The summed E-state index contributed by atoms with van der Waals surface area (Å²) in [5.41, 5.74) is 0.527. The fourth-order valence-corrected chi connectivity index (χ4v) is 1.87.